The van der Waals surface area contributed by atoms with Gasteiger partial charge in [0, 0.05) is 0 Å². The Hall–Kier alpha value is -0.157. The van der Waals surface area contributed by atoms with E-state index < -0.39 is 0 Å². The van der Waals surface area contributed by atoms with Crippen molar-refractivity contribution in [3.8, 4) is 0 Å². The van der Waals surface area contributed by atoms with E-state index in [2.05, 4.69) is 67.5 Å². The summed E-state index contributed by atoms with van der Waals surface area (Å²) < 4.78 is 0. The van der Waals surface area contributed by atoms with Gasteiger partial charge in [-0.25, -0.2) is 11.1 Å². The molecule has 0 aromatic heterocycles. The fraction of sp³-hybridized carbons (Fsp3) is 0.579. The minimum absolute atomic E-state index is 0. The Kier molecular flexibility index (Phi) is 4.98. The monoisotopic (exact) mass is 344 g/mol. The SMILES string of the molecule is CC1=[C-]C(C)(CC2(C)[C-]=C(C)C(C)=C2C)C(C)=C1C.[Zr+2]. The zero-order chi connectivity index (χ0) is 14.6. The fourth-order valence-electron chi connectivity index (χ4n) is 3.65. The van der Waals surface area contributed by atoms with E-state index in [9.17, 15) is 0 Å². The number of hydrogen-bond acceptors (Lipinski definition) is 0. The molecule has 106 valence electrons. The van der Waals surface area contributed by atoms with Crippen molar-refractivity contribution >= 4 is 0 Å². The van der Waals surface area contributed by atoms with Crippen LogP contribution in [0.5, 0.6) is 0 Å². The maximum Gasteiger partial charge on any atom is 2.00 e. The molecule has 1 heteroatoms. The minimum atomic E-state index is 0. The van der Waals surface area contributed by atoms with Crippen LogP contribution in [0.25, 0.3) is 0 Å². The molecule has 0 nitrogen and oxygen atoms in total. The van der Waals surface area contributed by atoms with Crippen molar-refractivity contribution in [1.29, 1.82) is 0 Å². The Balaban J connectivity index is 0.00000200. The van der Waals surface area contributed by atoms with Crippen molar-refractivity contribution < 1.29 is 26.2 Å². The third-order valence-corrected chi connectivity index (χ3v) is 5.54. The normalized spacial score (nSPS) is 33.4. The van der Waals surface area contributed by atoms with Gasteiger partial charge < -0.3 is 0 Å². The first-order valence-corrected chi connectivity index (χ1v) is 7.21. The van der Waals surface area contributed by atoms with Gasteiger partial charge in [-0.3, -0.25) is 12.2 Å². The molecule has 0 N–H and O–H groups in total. The largest absolute Gasteiger partial charge is 2.00 e. The van der Waals surface area contributed by atoms with Gasteiger partial charge in [-0.1, -0.05) is 58.8 Å². The quantitative estimate of drug-likeness (QED) is 0.573. The van der Waals surface area contributed by atoms with Crippen LogP contribution in [0.15, 0.2) is 33.4 Å². The van der Waals surface area contributed by atoms with E-state index in [1.54, 1.807) is 0 Å². The van der Waals surface area contributed by atoms with Crippen LogP contribution in [0.3, 0.4) is 0 Å². The van der Waals surface area contributed by atoms with E-state index in [0.29, 0.717) is 0 Å². The molecule has 0 radical (unpaired) electrons. The van der Waals surface area contributed by atoms with Crippen molar-refractivity contribution in [1.82, 2.24) is 0 Å². The number of allylic oxidation sites excluding steroid dienone is 8. The molecule has 0 aromatic carbocycles. The van der Waals surface area contributed by atoms with Gasteiger partial charge in [-0.05, 0) is 0 Å². The van der Waals surface area contributed by atoms with Crippen LogP contribution in [0.4, 0.5) is 0 Å². The Morgan fingerprint density at radius 3 is 1.20 bits per heavy atom. The van der Waals surface area contributed by atoms with Crippen molar-refractivity contribution in [2.75, 3.05) is 0 Å². The molecule has 2 aliphatic carbocycles. The second-order valence-electron chi connectivity index (χ2n) is 6.84. The van der Waals surface area contributed by atoms with Crippen LogP contribution in [0.1, 0.15) is 61.8 Å². The molecule has 0 bridgehead atoms. The van der Waals surface area contributed by atoms with Crippen LogP contribution < -0.4 is 0 Å². The van der Waals surface area contributed by atoms with Crippen LogP contribution in [0, 0.1) is 23.0 Å². The number of rotatable bonds is 2. The van der Waals surface area contributed by atoms with E-state index in [-0.39, 0.29) is 37.0 Å². The molecule has 0 heterocycles. The van der Waals surface area contributed by atoms with Gasteiger partial charge in [0.1, 0.15) is 0 Å². The van der Waals surface area contributed by atoms with Crippen LogP contribution in [-0.2, 0) is 26.2 Å². The summed E-state index contributed by atoms with van der Waals surface area (Å²) >= 11 is 0. The van der Waals surface area contributed by atoms with Crippen LogP contribution in [-0.4, -0.2) is 0 Å². The maximum absolute atomic E-state index is 3.70. The summed E-state index contributed by atoms with van der Waals surface area (Å²) in [6.07, 6.45) is 8.48. The summed E-state index contributed by atoms with van der Waals surface area (Å²) in [6.45, 7) is 18.0. The van der Waals surface area contributed by atoms with Gasteiger partial charge in [-0.15, -0.1) is 13.8 Å². The molecule has 0 saturated carbocycles. The summed E-state index contributed by atoms with van der Waals surface area (Å²) in [5.41, 5.74) is 8.54. The van der Waals surface area contributed by atoms with Gasteiger partial charge >= 0.3 is 26.2 Å². The Bertz CT molecular complexity index is 506. The molecule has 0 fully saturated rings. The predicted octanol–water partition coefficient (Wildman–Crippen LogP) is 5.59. The van der Waals surface area contributed by atoms with Gasteiger partial charge in [0.2, 0.25) is 0 Å². The Morgan fingerprint density at radius 1 is 0.700 bits per heavy atom. The second-order valence-corrected chi connectivity index (χ2v) is 6.84. The van der Waals surface area contributed by atoms with Gasteiger partial charge in [0.15, 0.2) is 0 Å². The molecular weight excluding hydrogens is 319 g/mol. The summed E-state index contributed by atoms with van der Waals surface area (Å²) in [5, 5.41) is 0. The van der Waals surface area contributed by atoms with Crippen LogP contribution >= 0.6 is 0 Å². The summed E-state index contributed by atoms with van der Waals surface area (Å²) in [7, 11) is 0. The fourth-order valence-corrected chi connectivity index (χ4v) is 3.65. The van der Waals surface area contributed by atoms with E-state index in [1.165, 1.54) is 33.4 Å². The van der Waals surface area contributed by atoms with Crippen molar-refractivity contribution in [3.63, 3.8) is 0 Å². The first-order chi connectivity index (χ1) is 8.61. The third-order valence-electron chi connectivity index (χ3n) is 5.54. The van der Waals surface area contributed by atoms with Gasteiger partial charge in [-0.2, -0.15) is 22.3 Å². The van der Waals surface area contributed by atoms with E-state index in [0.717, 1.165) is 6.42 Å². The molecule has 0 spiro atoms. The van der Waals surface area contributed by atoms with Crippen molar-refractivity contribution in [2.45, 2.75) is 61.8 Å². The Labute approximate surface area is 144 Å². The molecule has 0 aliphatic heterocycles. The first-order valence-electron chi connectivity index (χ1n) is 7.21. The molecule has 20 heavy (non-hydrogen) atoms. The Morgan fingerprint density at radius 2 is 1.00 bits per heavy atom. The standard InChI is InChI=1S/C19H26.Zr/c1-12-9-18(7,16(5)14(12)3)11-19(8)10-13(2)15(4)17(19)6;/h11H2,1-8H3;/q-2;+2. The zero-order valence-corrected chi connectivity index (χ0v) is 16.7. The maximum atomic E-state index is 3.70. The average Bonchev–Trinajstić information content (AvgIpc) is 2.61. The number of hydrogen-bond donors (Lipinski definition) is 0. The topological polar surface area (TPSA) is 0 Å². The average molecular weight is 346 g/mol. The molecule has 0 saturated heterocycles. The third kappa shape index (κ3) is 2.63. The first kappa shape index (κ1) is 17.9. The molecule has 2 unspecified atom stereocenters. The van der Waals surface area contributed by atoms with Gasteiger partial charge in [0.05, 0.1) is 0 Å². The van der Waals surface area contributed by atoms with Crippen LogP contribution in [0.2, 0.25) is 0 Å². The predicted molar refractivity (Wildman–Crippen MR) is 82.4 cm³/mol. The van der Waals surface area contributed by atoms with E-state index in [4.69, 9.17) is 0 Å². The van der Waals surface area contributed by atoms with Gasteiger partial charge in [0.25, 0.3) is 0 Å². The zero-order valence-electron chi connectivity index (χ0n) is 14.2. The van der Waals surface area contributed by atoms with Crippen molar-refractivity contribution in [3.05, 3.63) is 45.6 Å². The molecule has 2 aliphatic rings. The molecule has 2 atom stereocenters. The molecular formula is C19H26Zr. The molecule has 0 amide bonds. The summed E-state index contributed by atoms with van der Waals surface area (Å²) in [6, 6.07) is 0. The summed E-state index contributed by atoms with van der Waals surface area (Å²) in [4.78, 5) is 0. The second kappa shape index (κ2) is 5.56. The minimum Gasteiger partial charge on any atom is -0.263 e. The molecule has 2 rings (SSSR count). The molecule has 0 aromatic rings. The smallest absolute Gasteiger partial charge is 0.263 e. The van der Waals surface area contributed by atoms with Crippen molar-refractivity contribution in [2.24, 2.45) is 10.8 Å². The van der Waals surface area contributed by atoms with E-state index >= 15 is 0 Å². The summed E-state index contributed by atoms with van der Waals surface area (Å²) in [5.74, 6) is 0. The van der Waals surface area contributed by atoms with E-state index in [1.807, 2.05) is 0 Å².